The van der Waals surface area contributed by atoms with Crippen molar-refractivity contribution in [2.45, 2.75) is 5.92 Å². The van der Waals surface area contributed by atoms with Crippen molar-refractivity contribution >= 4 is 11.9 Å². The van der Waals surface area contributed by atoms with Gasteiger partial charge in [-0.25, -0.2) is 9.59 Å². The molecule has 0 saturated carbocycles. The summed E-state index contributed by atoms with van der Waals surface area (Å²) >= 11 is 0. The zero-order valence-corrected chi connectivity index (χ0v) is 13.5. The van der Waals surface area contributed by atoms with E-state index in [4.69, 9.17) is 0 Å². The first kappa shape index (κ1) is 15.9. The van der Waals surface area contributed by atoms with Crippen LogP contribution < -0.4 is 0 Å². The van der Waals surface area contributed by atoms with Gasteiger partial charge in [-0.15, -0.1) is 0 Å². The predicted molar refractivity (Wildman–Crippen MR) is 94.8 cm³/mol. The van der Waals surface area contributed by atoms with Gasteiger partial charge in [-0.2, -0.15) is 0 Å². The van der Waals surface area contributed by atoms with E-state index in [-0.39, 0.29) is 22.8 Å². The second-order valence-electron chi connectivity index (χ2n) is 6.24. The molecule has 3 N–H and O–H groups in total. The third-order valence-electron chi connectivity index (χ3n) is 4.74. The maximum atomic E-state index is 11.4. The normalized spacial score (nSPS) is 14.5. The second-order valence-corrected chi connectivity index (χ2v) is 6.24. The van der Waals surface area contributed by atoms with Gasteiger partial charge in [0.15, 0.2) is 0 Å². The third kappa shape index (κ3) is 2.41. The number of carboxylic acid groups (broad SMARTS) is 2. The van der Waals surface area contributed by atoms with Gasteiger partial charge in [0, 0.05) is 5.92 Å². The highest BCUT2D eigenvalue weighted by atomic mass is 16.4. The number of phenols is 1. The van der Waals surface area contributed by atoms with Crippen LogP contribution in [-0.4, -0.2) is 27.3 Å². The fourth-order valence-corrected chi connectivity index (χ4v) is 3.55. The summed E-state index contributed by atoms with van der Waals surface area (Å²) in [5, 5.41) is 28.2. The Morgan fingerprint density at radius 3 is 1.96 bits per heavy atom. The van der Waals surface area contributed by atoms with E-state index in [1.807, 2.05) is 0 Å². The van der Waals surface area contributed by atoms with E-state index in [9.17, 15) is 24.9 Å². The average Bonchev–Trinajstić information content (AvgIpc) is 2.95. The van der Waals surface area contributed by atoms with Gasteiger partial charge in [-0.05, 0) is 64.2 Å². The molecule has 0 spiro atoms. The van der Waals surface area contributed by atoms with Crippen molar-refractivity contribution in [3.63, 3.8) is 0 Å². The van der Waals surface area contributed by atoms with Gasteiger partial charge in [-0.3, -0.25) is 0 Å². The van der Waals surface area contributed by atoms with Gasteiger partial charge in [0.2, 0.25) is 0 Å². The van der Waals surface area contributed by atoms with Crippen LogP contribution in [0.4, 0.5) is 0 Å². The Morgan fingerprint density at radius 1 is 0.692 bits per heavy atom. The number of fused-ring (bicyclic) bond motifs is 3. The van der Waals surface area contributed by atoms with Crippen LogP contribution >= 0.6 is 0 Å². The Kier molecular flexibility index (Phi) is 3.51. The molecule has 128 valence electrons. The summed E-state index contributed by atoms with van der Waals surface area (Å²) in [6.07, 6.45) is 0. The van der Waals surface area contributed by atoms with Crippen LogP contribution in [0.15, 0.2) is 60.7 Å². The molecule has 0 bridgehead atoms. The molecule has 0 saturated heterocycles. The molecule has 0 fully saturated rings. The lowest BCUT2D eigenvalue weighted by Gasteiger charge is -2.15. The molecule has 0 amide bonds. The summed E-state index contributed by atoms with van der Waals surface area (Å²) in [6, 6.07) is 16.6. The number of aromatic hydroxyl groups is 1. The van der Waals surface area contributed by atoms with E-state index in [1.165, 1.54) is 6.07 Å². The first-order valence-corrected chi connectivity index (χ1v) is 7.99. The minimum atomic E-state index is -1.01. The minimum Gasteiger partial charge on any atom is -0.508 e. The molecular weight excluding hydrogens is 332 g/mol. The van der Waals surface area contributed by atoms with Crippen LogP contribution in [0.2, 0.25) is 0 Å². The summed E-state index contributed by atoms with van der Waals surface area (Å²) in [5.41, 5.74) is 4.60. The average molecular weight is 346 g/mol. The molecule has 5 nitrogen and oxygen atoms in total. The maximum absolute atomic E-state index is 11.4. The summed E-state index contributed by atoms with van der Waals surface area (Å²) in [5.74, 6) is -2.10. The zero-order chi connectivity index (χ0) is 18.4. The first-order valence-electron chi connectivity index (χ1n) is 7.99. The maximum Gasteiger partial charge on any atom is 0.335 e. The lowest BCUT2D eigenvalue weighted by molar-refractivity contribution is 0.0686. The molecule has 3 aromatic rings. The van der Waals surface area contributed by atoms with E-state index in [0.717, 1.165) is 27.8 Å². The number of phenolic OH excluding ortho intramolecular Hbond substituents is 1. The van der Waals surface area contributed by atoms with Crippen molar-refractivity contribution in [2.24, 2.45) is 0 Å². The third-order valence-corrected chi connectivity index (χ3v) is 4.74. The van der Waals surface area contributed by atoms with Crippen molar-refractivity contribution in [3.8, 4) is 16.9 Å². The highest BCUT2D eigenvalue weighted by Gasteiger charge is 2.31. The number of aromatic carboxylic acids is 2. The Hall–Kier alpha value is -3.60. The molecule has 5 heteroatoms. The first-order chi connectivity index (χ1) is 12.5. The van der Waals surface area contributed by atoms with Crippen molar-refractivity contribution in [1.29, 1.82) is 0 Å². The fourth-order valence-electron chi connectivity index (χ4n) is 3.55. The summed E-state index contributed by atoms with van der Waals surface area (Å²) in [4.78, 5) is 22.7. The Balaban J connectivity index is 1.98. The smallest absolute Gasteiger partial charge is 0.335 e. The molecule has 1 aliphatic rings. The molecule has 26 heavy (non-hydrogen) atoms. The Morgan fingerprint density at radius 2 is 1.31 bits per heavy atom. The number of hydrogen-bond donors (Lipinski definition) is 3. The van der Waals surface area contributed by atoms with E-state index in [0.29, 0.717) is 0 Å². The molecule has 1 atom stereocenters. The van der Waals surface area contributed by atoms with Crippen LogP contribution in [0.5, 0.6) is 5.75 Å². The van der Waals surface area contributed by atoms with Crippen LogP contribution in [0.1, 0.15) is 43.3 Å². The standard InChI is InChI=1S/C21H14O5/c22-14-5-1-11(2-6-14)19-16-8-4-12(20(23)24)9-17(16)15-7-3-13(21(25)26)10-18(15)19/h1-10,19,22H,(H,23,24)(H,25,26). The van der Waals surface area contributed by atoms with Gasteiger partial charge in [0.1, 0.15) is 5.75 Å². The number of carbonyl (C=O) groups is 2. The SMILES string of the molecule is O=C(O)c1ccc2c(c1)-c1ccc(C(=O)O)cc1C2c1ccc(O)cc1. The van der Waals surface area contributed by atoms with Crippen LogP contribution in [0.25, 0.3) is 11.1 Å². The molecule has 1 unspecified atom stereocenters. The quantitative estimate of drug-likeness (QED) is 0.522. The lowest BCUT2D eigenvalue weighted by Crippen LogP contribution is -2.02. The zero-order valence-electron chi connectivity index (χ0n) is 13.5. The molecule has 0 heterocycles. The minimum absolute atomic E-state index is 0.146. The molecule has 0 aromatic heterocycles. The largest absolute Gasteiger partial charge is 0.508 e. The summed E-state index contributed by atoms with van der Waals surface area (Å²) in [6.45, 7) is 0. The monoisotopic (exact) mass is 346 g/mol. The van der Waals surface area contributed by atoms with Crippen molar-refractivity contribution in [2.75, 3.05) is 0 Å². The molecule has 0 aliphatic heterocycles. The topological polar surface area (TPSA) is 94.8 Å². The van der Waals surface area contributed by atoms with Gasteiger partial charge in [0.05, 0.1) is 11.1 Å². The number of carboxylic acids is 2. The van der Waals surface area contributed by atoms with E-state index in [2.05, 4.69) is 0 Å². The van der Waals surface area contributed by atoms with Gasteiger partial charge in [-0.1, -0.05) is 24.3 Å². The van der Waals surface area contributed by atoms with Crippen molar-refractivity contribution in [3.05, 3.63) is 88.5 Å². The van der Waals surface area contributed by atoms with Gasteiger partial charge < -0.3 is 15.3 Å². The fraction of sp³-hybridized carbons (Fsp3) is 0.0476. The Labute approximate surface area is 148 Å². The highest BCUT2D eigenvalue weighted by Crippen LogP contribution is 2.48. The van der Waals surface area contributed by atoms with Crippen molar-refractivity contribution in [1.82, 2.24) is 0 Å². The van der Waals surface area contributed by atoms with E-state index >= 15 is 0 Å². The molecule has 3 aromatic carbocycles. The highest BCUT2D eigenvalue weighted by molar-refractivity contribution is 5.94. The Bertz CT molecular complexity index is 1050. The number of hydrogen-bond acceptors (Lipinski definition) is 3. The lowest BCUT2D eigenvalue weighted by atomic mass is 9.88. The number of rotatable bonds is 3. The van der Waals surface area contributed by atoms with Crippen molar-refractivity contribution < 1.29 is 24.9 Å². The summed E-state index contributed by atoms with van der Waals surface area (Å²) in [7, 11) is 0. The molecule has 0 radical (unpaired) electrons. The van der Waals surface area contributed by atoms with E-state index in [1.54, 1.807) is 54.6 Å². The second kappa shape index (κ2) is 5.74. The molecule has 4 rings (SSSR count). The van der Waals surface area contributed by atoms with E-state index < -0.39 is 11.9 Å². The predicted octanol–water partition coefficient (Wildman–Crippen LogP) is 3.95. The van der Waals surface area contributed by atoms with Crippen LogP contribution in [-0.2, 0) is 0 Å². The van der Waals surface area contributed by atoms with Crippen LogP contribution in [0, 0.1) is 0 Å². The molecular formula is C21H14O5. The summed E-state index contributed by atoms with van der Waals surface area (Å²) < 4.78 is 0. The van der Waals surface area contributed by atoms with Gasteiger partial charge >= 0.3 is 11.9 Å². The van der Waals surface area contributed by atoms with Gasteiger partial charge in [0.25, 0.3) is 0 Å². The number of benzene rings is 3. The van der Waals surface area contributed by atoms with Crippen LogP contribution in [0.3, 0.4) is 0 Å². The molecule has 1 aliphatic carbocycles.